The largest absolute Gasteiger partial charge is 0.385 e. The lowest BCUT2D eigenvalue weighted by Gasteiger charge is -2.25. The van der Waals surface area contributed by atoms with Crippen molar-refractivity contribution < 1.29 is 9.59 Å². The first-order valence-corrected chi connectivity index (χ1v) is 9.67. The number of benzene rings is 1. The van der Waals surface area contributed by atoms with Gasteiger partial charge in [-0.3, -0.25) is 19.5 Å². The molecule has 29 heavy (non-hydrogen) atoms. The summed E-state index contributed by atoms with van der Waals surface area (Å²) in [5.74, 6) is -0.834. The quantitative estimate of drug-likeness (QED) is 0.504. The number of anilines is 1. The maximum Gasteiger partial charge on any atom is 0.258 e. The zero-order chi connectivity index (χ0) is 21.2. The highest BCUT2D eigenvalue weighted by Crippen LogP contribution is 2.14. The lowest BCUT2D eigenvalue weighted by molar-refractivity contribution is -0.130. The predicted octanol–water partition coefficient (Wildman–Crippen LogP) is 2.82. The Morgan fingerprint density at radius 2 is 1.83 bits per heavy atom. The summed E-state index contributed by atoms with van der Waals surface area (Å²) in [6.45, 7) is 4.58. The van der Waals surface area contributed by atoms with E-state index in [2.05, 4.69) is 15.6 Å². The Morgan fingerprint density at radius 3 is 2.41 bits per heavy atom. The van der Waals surface area contributed by atoms with Crippen LogP contribution < -0.4 is 10.6 Å². The molecule has 0 saturated carbocycles. The van der Waals surface area contributed by atoms with Gasteiger partial charge >= 0.3 is 0 Å². The molecule has 1 aromatic carbocycles. The molecular weight excluding hydrogens is 366 g/mol. The van der Waals surface area contributed by atoms with Crippen molar-refractivity contribution in [3.63, 3.8) is 0 Å². The van der Waals surface area contributed by atoms with Crippen LogP contribution in [0.15, 0.2) is 48.8 Å². The second-order valence-corrected chi connectivity index (χ2v) is 6.94. The molecule has 0 saturated heterocycles. The van der Waals surface area contributed by atoms with Crippen LogP contribution in [0.2, 0.25) is 0 Å². The van der Waals surface area contributed by atoms with Gasteiger partial charge in [0.1, 0.15) is 6.04 Å². The number of carbonyl (C=O) groups is 2. The van der Waals surface area contributed by atoms with E-state index in [0.29, 0.717) is 12.0 Å². The number of likely N-dealkylation sites (N-methyl/N-ethyl adjacent to an activating group) is 1. The second kappa shape index (κ2) is 10.8. The van der Waals surface area contributed by atoms with Crippen molar-refractivity contribution in [2.24, 2.45) is 5.92 Å². The maximum absolute atomic E-state index is 12.6. The molecule has 0 fully saturated rings. The van der Waals surface area contributed by atoms with E-state index in [4.69, 9.17) is 5.26 Å². The van der Waals surface area contributed by atoms with Crippen LogP contribution in [-0.2, 0) is 11.2 Å². The molecule has 1 aromatic heterocycles. The van der Waals surface area contributed by atoms with Crippen LogP contribution >= 0.6 is 0 Å². The third kappa shape index (κ3) is 6.32. The summed E-state index contributed by atoms with van der Waals surface area (Å²) < 4.78 is 0. The summed E-state index contributed by atoms with van der Waals surface area (Å²) in [6.07, 6.45) is 6.92. The van der Waals surface area contributed by atoms with Crippen LogP contribution in [0.25, 0.3) is 0 Å². The van der Waals surface area contributed by atoms with Crippen molar-refractivity contribution >= 4 is 17.5 Å². The number of rotatable bonds is 9. The van der Waals surface area contributed by atoms with Crippen molar-refractivity contribution in [3.8, 4) is 6.19 Å². The standard InChI is InChI=1S/C22H27N5O2/c1-4-16(2)20(22(29)27(3)15-23)26-21(28)18-5-7-19(8-6-18)25-14-11-17-9-12-24-13-10-17/h5-10,12-13,16,20,25H,4,11,14H2,1-3H3,(H,26,28). The molecule has 2 amide bonds. The average Bonchev–Trinajstić information content (AvgIpc) is 2.77. The van der Waals surface area contributed by atoms with Gasteiger partial charge in [0.2, 0.25) is 0 Å². The first-order chi connectivity index (χ1) is 14.0. The SMILES string of the molecule is CCC(C)C(NC(=O)c1ccc(NCCc2ccncc2)cc1)C(=O)N(C)C#N. The van der Waals surface area contributed by atoms with Crippen LogP contribution in [0.3, 0.4) is 0 Å². The molecule has 0 aliphatic rings. The lowest BCUT2D eigenvalue weighted by Crippen LogP contribution is -2.49. The predicted molar refractivity (Wildman–Crippen MR) is 112 cm³/mol. The third-order valence-electron chi connectivity index (χ3n) is 4.89. The minimum absolute atomic E-state index is 0.0867. The first-order valence-electron chi connectivity index (χ1n) is 9.67. The summed E-state index contributed by atoms with van der Waals surface area (Å²) in [5.41, 5.74) is 2.58. The zero-order valence-corrected chi connectivity index (χ0v) is 17.1. The molecule has 0 spiro atoms. The summed E-state index contributed by atoms with van der Waals surface area (Å²) in [4.78, 5) is 30.0. The molecular formula is C22H27N5O2. The summed E-state index contributed by atoms with van der Waals surface area (Å²) in [5, 5.41) is 15.1. The normalized spacial score (nSPS) is 12.3. The topological polar surface area (TPSA) is 98.1 Å². The average molecular weight is 393 g/mol. The van der Waals surface area contributed by atoms with E-state index >= 15 is 0 Å². The van der Waals surface area contributed by atoms with Crippen LogP contribution in [0.1, 0.15) is 36.2 Å². The van der Waals surface area contributed by atoms with Crippen molar-refractivity contribution in [3.05, 3.63) is 59.9 Å². The summed E-state index contributed by atoms with van der Waals surface area (Å²) >= 11 is 0. The van der Waals surface area contributed by atoms with Gasteiger partial charge in [-0.2, -0.15) is 5.26 Å². The monoisotopic (exact) mass is 393 g/mol. The summed E-state index contributed by atoms with van der Waals surface area (Å²) in [7, 11) is 1.40. The molecule has 7 nitrogen and oxygen atoms in total. The molecule has 0 bridgehead atoms. The van der Waals surface area contributed by atoms with Gasteiger partial charge in [-0.05, 0) is 54.3 Å². The van der Waals surface area contributed by atoms with E-state index in [0.717, 1.165) is 23.6 Å². The zero-order valence-electron chi connectivity index (χ0n) is 17.1. The maximum atomic E-state index is 12.6. The molecule has 2 unspecified atom stereocenters. The van der Waals surface area contributed by atoms with Gasteiger partial charge in [0.15, 0.2) is 6.19 Å². The first kappa shape index (κ1) is 21.9. The number of aromatic nitrogens is 1. The number of amides is 2. The molecule has 2 rings (SSSR count). The highest BCUT2D eigenvalue weighted by atomic mass is 16.2. The fourth-order valence-corrected chi connectivity index (χ4v) is 2.81. The molecule has 0 aliphatic heterocycles. The lowest BCUT2D eigenvalue weighted by atomic mass is 9.97. The Balaban J connectivity index is 1.96. The van der Waals surface area contributed by atoms with E-state index in [-0.39, 0.29) is 11.8 Å². The van der Waals surface area contributed by atoms with Gasteiger partial charge in [0.25, 0.3) is 11.8 Å². The minimum Gasteiger partial charge on any atom is -0.385 e. The Bertz CT molecular complexity index is 846. The third-order valence-corrected chi connectivity index (χ3v) is 4.89. The second-order valence-electron chi connectivity index (χ2n) is 6.94. The van der Waals surface area contributed by atoms with Crippen LogP contribution in [0.5, 0.6) is 0 Å². The van der Waals surface area contributed by atoms with E-state index < -0.39 is 11.9 Å². The minimum atomic E-state index is -0.740. The smallest absolute Gasteiger partial charge is 0.258 e. The fraction of sp³-hybridized carbons (Fsp3) is 0.364. The van der Waals surface area contributed by atoms with Gasteiger partial charge in [-0.1, -0.05) is 20.3 Å². The number of hydrogen-bond donors (Lipinski definition) is 2. The van der Waals surface area contributed by atoms with E-state index in [1.807, 2.05) is 38.1 Å². The van der Waals surface area contributed by atoms with Gasteiger partial charge in [0, 0.05) is 37.2 Å². The van der Waals surface area contributed by atoms with Crippen LogP contribution in [0, 0.1) is 17.4 Å². The number of nitrogens with one attached hydrogen (secondary N) is 2. The van der Waals surface area contributed by atoms with E-state index in [1.54, 1.807) is 30.7 Å². The van der Waals surface area contributed by atoms with Crippen molar-refractivity contribution in [2.45, 2.75) is 32.7 Å². The highest BCUT2D eigenvalue weighted by molar-refractivity contribution is 5.98. The Hall–Kier alpha value is -3.40. The van der Waals surface area contributed by atoms with Crippen molar-refractivity contribution in [1.82, 2.24) is 15.2 Å². The highest BCUT2D eigenvalue weighted by Gasteiger charge is 2.28. The Morgan fingerprint density at radius 1 is 1.17 bits per heavy atom. The van der Waals surface area contributed by atoms with Crippen LogP contribution in [0.4, 0.5) is 5.69 Å². The molecule has 0 radical (unpaired) electrons. The van der Waals surface area contributed by atoms with Crippen molar-refractivity contribution in [2.75, 3.05) is 18.9 Å². The molecule has 2 atom stereocenters. The molecule has 7 heteroatoms. The van der Waals surface area contributed by atoms with E-state index in [1.165, 1.54) is 12.6 Å². The molecule has 2 aromatic rings. The van der Waals surface area contributed by atoms with Gasteiger partial charge in [0.05, 0.1) is 0 Å². The van der Waals surface area contributed by atoms with E-state index in [9.17, 15) is 9.59 Å². The Labute approximate surface area is 171 Å². The Kier molecular flexibility index (Phi) is 8.16. The molecule has 2 N–H and O–H groups in total. The van der Waals surface area contributed by atoms with Crippen LogP contribution in [-0.4, -0.2) is 41.3 Å². The van der Waals surface area contributed by atoms with Crippen molar-refractivity contribution in [1.29, 1.82) is 5.26 Å². The molecule has 152 valence electrons. The van der Waals surface area contributed by atoms with Gasteiger partial charge < -0.3 is 10.6 Å². The number of carbonyl (C=O) groups excluding carboxylic acids is 2. The fourth-order valence-electron chi connectivity index (χ4n) is 2.81. The number of nitriles is 1. The molecule has 0 aliphatic carbocycles. The summed E-state index contributed by atoms with van der Waals surface area (Å²) in [6, 6.07) is 10.3. The number of hydrogen-bond acceptors (Lipinski definition) is 5. The number of nitrogens with zero attached hydrogens (tertiary/aromatic N) is 3. The van der Waals surface area contributed by atoms with Gasteiger partial charge in [-0.15, -0.1) is 0 Å². The molecule has 1 heterocycles. The number of pyridine rings is 1. The van der Waals surface area contributed by atoms with Gasteiger partial charge in [-0.25, -0.2) is 0 Å².